The third kappa shape index (κ3) is 4.07. The molecule has 1 amide bonds. The van der Waals surface area contributed by atoms with Crippen molar-refractivity contribution in [2.75, 3.05) is 13.1 Å². The first-order valence-electron chi connectivity index (χ1n) is 9.05. The minimum atomic E-state index is -1.60. The first-order chi connectivity index (χ1) is 13.7. The molecule has 0 radical (unpaired) electrons. The number of aliphatic hydroxyl groups excluding tert-OH is 1. The molecule has 1 saturated heterocycles. The van der Waals surface area contributed by atoms with Crippen LogP contribution in [0.25, 0.3) is 0 Å². The second-order valence-corrected chi connectivity index (χ2v) is 7.23. The van der Waals surface area contributed by atoms with Crippen molar-refractivity contribution in [2.24, 2.45) is 5.41 Å². The Hall–Kier alpha value is -3.39. The van der Waals surface area contributed by atoms with E-state index in [1.54, 1.807) is 30.3 Å². The topological polar surface area (TPSA) is 135 Å². The fraction of sp³-hybridized carbons (Fsp3) is 0.286. The highest BCUT2D eigenvalue weighted by atomic mass is 16.4. The van der Waals surface area contributed by atoms with Crippen molar-refractivity contribution in [1.82, 2.24) is 4.90 Å². The van der Waals surface area contributed by atoms with Gasteiger partial charge in [-0.3, -0.25) is 9.59 Å². The Labute approximate surface area is 166 Å². The number of hydrogen-bond acceptors (Lipinski definition) is 5. The molecular weight excluding hydrogens is 378 g/mol. The molecule has 2 aromatic carbocycles. The zero-order chi connectivity index (χ0) is 21.2. The summed E-state index contributed by atoms with van der Waals surface area (Å²) in [5.74, 6) is -3.49. The van der Waals surface area contributed by atoms with E-state index in [1.807, 2.05) is 0 Å². The van der Waals surface area contributed by atoms with E-state index in [-0.39, 0.29) is 42.8 Å². The van der Waals surface area contributed by atoms with Gasteiger partial charge in [0.15, 0.2) is 0 Å². The Morgan fingerprint density at radius 1 is 1.03 bits per heavy atom. The minimum Gasteiger partial charge on any atom is -0.508 e. The molecule has 1 aliphatic heterocycles. The number of rotatable bonds is 5. The molecule has 0 bridgehead atoms. The van der Waals surface area contributed by atoms with Crippen molar-refractivity contribution in [3.05, 3.63) is 65.2 Å². The van der Waals surface area contributed by atoms with Crippen molar-refractivity contribution >= 4 is 17.8 Å². The largest absolute Gasteiger partial charge is 0.508 e. The van der Waals surface area contributed by atoms with Crippen molar-refractivity contribution < 1.29 is 34.8 Å². The maximum atomic E-state index is 12.9. The fourth-order valence-electron chi connectivity index (χ4n) is 3.71. The van der Waals surface area contributed by atoms with Crippen molar-refractivity contribution in [3.63, 3.8) is 0 Å². The Bertz CT molecular complexity index is 943. The molecule has 2 atom stereocenters. The molecule has 152 valence electrons. The number of piperidine rings is 1. The van der Waals surface area contributed by atoms with Gasteiger partial charge in [-0.2, -0.15) is 0 Å². The number of aliphatic carboxylic acids is 1. The van der Waals surface area contributed by atoms with E-state index in [0.29, 0.717) is 5.56 Å². The molecule has 8 heteroatoms. The van der Waals surface area contributed by atoms with Crippen LogP contribution in [-0.2, 0) is 11.2 Å². The minimum absolute atomic E-state index is 0.0362. The molecule has 8 nitrogen and oxygen atoms in total. The van der Waals surface area contributed by atoms with E-state index in [4.69, 9.17) is 5.11 Å². The van der Waals surface area contributed by atoms with Crippen LogP contribution in [0, 0.1) is 5.41 Å². The molecule has 1 fully saturated rings. The zero-order valence-electron chi connectivity index (χ0n) is 15.5. The first kappa shape index (κ1) is 20.3. The molecular formula is C21H21NO7. The van der Waals surface area contributed by atoms with Crippen LogP contribution in [-0.4, -0.2) is 62.4 Å². The number of aliphatic hydroxyl groups is 1. The lowest BCUT2D eigenvalue weighted by atomic mass is 9.72. The number of phenolic OH excluding ortho intramolecular Hbond substituents is 1. The summed E-state index contributed by atoms with van der Waals surface area (Å²) in [6.45, 7) is -0.128. The molecule has 4 N–H and O–H groups in total. The summed E-state index contributed by atoms with van der Waals surface area (Å²) < 4.78 is 0. The molecule has 1 heterocycles. The summed E-state index contributed by atoms with van der Waals surface area (Å²) in [7, 11) is 0. The molecule has 3 rings (SSSR count). The smallest absolute Gasteiger partial charge is 0.335 e. The third-order valence-electron chi connectivity index (χ3n) is 5.27. The fourth-order valence-corrected chi connectivity index (χ4v) is 3.71. The lowest BCUT2D eigenvalue weighted by Gasteiger charge is -2.43. The number of benzene rings is 2. The van der Waals surface area contributed by atoms with E-state index < -0.39 is 29.4 Å². The van der Waals surface area contributed by atoms with E-state index >= 15 is 0 Å². The van der Waals surface area contributed by atoms with Crippen LogP contribution in [0.15, 0.2) is 48.5 Å². The molecule has 1 aliphatic rings. The van der Waals surface area contributed by atoms with Gasteiger partial charge in [0.2, 0.25) is 0 Å². The van der Waals surface area contributed by atoms with Crippen LogP contribution >= 0.6 is 0 Å². The van der Waals surface area contributed by atoms with E-state index in [9.17, 15) is 29.7 Å². The zero-order valence-corrected chi connectivity index (χ0v) is 15.5. The van der Waals surface area contributed by atoms with Crippen LogP contribution in [0.1, 0.15) is 32.7 Å². The van der Waals surface area contributed by atoms with Gasteiger partial charge in [-0.15, -0.1) is 0 Å². The van der Waals surface area contributed by atoms with E-state index in [1.165, 1.54) is 4.90 Å². The summed E-state index contributed by atoms with van der Waals surface area (Å²) in [5, 5.41) is 39.4. The molecule has 2 aromatic rings. The second-order valence-electron chi connectivity index (χ2n) is 7.23. The second kappa shape index (κ2) is 7.92. The van der Waals surface area contributed by atoms with Crippen molar-refractivity contribution in [1.29, 1.82) is 0 Å². The highest BCUT2D eigenvalue weighted by Gasteiger charge is 2.50. The van der Waals surface area contributed by atoms with Crippen LogP contribution in [0.2, 0.25) is 0 Å². The van der Waals surface area contributed by atoms with Crippen molar-refractivity contribution in [3.8, 4) is 5.75 Å². The Kier molecular flexibility index (Phi) is 5.56. The predicted molar refractivity (Wildman–Crippen MR) is 102 cm³/mol. The predicted octanol–water partition coefficient (Wildman–Crippen LogP) is 1.61. The maximum absolute atomic E-state index is 12.9. The Morgan fingerprint density at radius 3 is 2.31 bits per heavy atom. The Balaban J connectivity index is 1.92. The number of likely N-dealkylation sites (tertiary alicyclic amines) is 1. The van der Waals surface area contributed by atoms with Gasteiger partial charge in [-0.1, -0.05) is 30.3 Å². The van der Waals surface area contributed by atoms with Crippen LogP contribution in [0.3, 0.4) is 0 Å². The van der Waals surface area contributed by atoms with Gasteiger partial charge in [0.05, 0.1) is 11.7 Å². The maximum Gasteiger partial charge on any atom is 0.335 e. The van der Waals surface area contributed by atoms with Crippen molar-refractivity contribution in [2.45, 2.75) is 18.9 Å². The van der Waals surface area contributed by atoms with Gasteiger partial charge in [0.1, 0.15) is 11.2 Å². The number of aromatic hydroxyl groups is 1. The number of carbonyl (C=O) groups is 3. The van der Waals surface area contributed by atoms with Crippen LogP contribution < -0.4 is 0 Å². The van der Waals surface area contributed by atoms with Gasteiger partial charge in [0, 0.05) is 18.7 Å². The summed E-state index contributed by atoms with van der Waals surface area (Å²) in [6.07, 6.45) is -1.05. The average molecular weight is 399 g/mol. The third-order valence-corrected chi connectivity index (χ3v) is 5.27. The number of amides is 1. The van der Waals surface area contributed by atoms with E-state index in [2.05, 4.69) is 0 Å². The summed E-state index contributed by atoms with van der Waals surface area (Å²) in [5.41, 5.74) is -1.19. The number of hydrogen-bond donors (Lipinski definition) is 4. The number of aromatic carboxylic acids is 1. The standard InChI is InChI=1S/C21H21NO7/c23-16-9-14(8-15(10-16)19(26)27)18(25)22-7-6-17(24)21(12-22,20(28)29)11-13-4-2-1-3-5-13/h1-5,8-10,17,23-24H,6-7,11-12H2,(H,26,27)(H,28,29)/t17-,21+/m0/s1. The van der Waals surface area contributed by atoms with Gasteiger partial charge < -0.3 is 25.3 Å². The quantitative estimate of drug-likeness (QED) is 0.600. The van der Waals surface area contributed by atoms with Crippen LogP contribution in [0.4, 0.5) is 0 Å². The van der Waals surface area contributed by atoms with Gasteiger partial charge in [0.25, 0.3) is 5.91 Å². The summed E-state index contributed by atoms with van der Waals surface area (Å²) in [4.78, 5) is 37.6. The van der Waals surface area contributed by atoms with Gasteiger partial charge in [-0.25, -0.2) is 4.79 Å². The SMILES string of the molecule is O=C(O)c1cc(O)cc(C(=O)N2CC[C@H](O)[C@](Cc3ccccc3)(C(=O)O)C2)c1. The van der Waals surface area contributed by atoms with Gasteiger partial charge >= 0.3 is 11.9 Å². The molecule has 0 aromatic heterocycles. The summed E-state index contributed by atoms with van der Waals surface area (Å²) in [6, 6.07) is 12.1. The molecule has 0 aliphatic carbocycles. The van der Waals surface area contributed by atoms with Crippen LogP contribution in [0.5, 0.6) is 5.75 Å². The first-order valence-corrected chi connectivity index (χ1v) is 9.05. The Morgan fingerprint density at radius 2 is 1.69 bits per heavy atom. The van der Waals surface area contributed by atoms with Gasteiger partial charge in [-0.05, 0) is 36.6 Å². The molecule has 0 spiro atoms. The summed E-state index contributed by atoms with van der Waals surface area (Å²) >= 11 is 0. The highest BCUT2D eigenvalue weighted by molar-refractivity contribution is 5.98. The number of carbonyl (C=O) groups excluding carboxylic acids is 1. The van der Waals surface area contributed by atoms with E-state index in [0.717, 1.165) is 18.2 Å². The highest BCUT2D eigenvalue weighted by Crippen LogP contribution is 2.35. The molecule has 0 unspecified atom stereocenters. The molecule has 0 saturated carbocycles. The number of carboxylic acid groups (broad SMARTS) is 2. The number of phenols is 1. The monoisotopic (exact) mass is 399 g/mol. The number of nitrogens with zero attached hydrogens (tertiary/aromatic N) is 1. The molecule has 29 heavy (non-hydrogen) atoms. The number of carboxylic acids is 2. The normalized spacial score (nSPS) is 21.6. The average Bonchev–Trinajstić information content (AvgIpc) is 2.69. The lowest BCUT2D eigenvalue weighted by Crippen LogP contribution is -2.58. The lowest BCUT2D eigenvalue weighted by molar-refractivity contribution is -0.161.